The van der Waals surface area contributed by atoms with Crippen molar-refractivity contribution in [1.29, 1.82) is 0 Å². The normalized spacial score (nSPS) is 15.8. The van der Waals surface area contributed by atoms with E-state index in [9.17, 15) is 8.42 Å². The second-order valence-electron chi connectivity index (χ2n) is 15.4. The maximum Gasteiger partial charge on any atom is 0.281 e. The number of piperazine rings is 1. The number of fused-ring (bicyclic) bond motifs is 2. The summed E-state index contributed by atoms with van der Waals surface area (Å²) < 4.78 is 50.9. The summed E-state index contributed by atoms with van der Waals surface area (Å²) in [6.45, 7) is 10.5. The van der Waals surface area contributed by atoms with Crippen LogP contribution in [0.5, 0.6) is 11.5 Å². The Kier molecular flexibility index (Phi) is 12.0. The van der Waals surface area contributed by atoms with Crippen LogP contribution in [0.1, 0.15) is 23.4 Å². The zero-order valence-corrected chi connectivity index (χ0v) is 35.0. The first-order valence-corrected chi connectivity index (χ1v) is 21.8. The molecule has 2 aliphatic rings. The Hall–Kier alpha value is -4.92. The fourth-order valence-corrected chi connectivity index (χ4v) is 9.47. The van der Waals surface area contributed by atoms with E-state index < -0.39 is 10.2 Å². The largest absolute Gasteiger partial charge is 0.493 e. The van der Waals surface area contributed by atoms with Gasteiger partial charge in [0, 0.05) is 107 Å². The van der Waals surface area contributed by atoms with E-state index in [0.717, 1.165) is 97.3 Å². The molecule has 0 amide bonds. The molecule has 0 spiro atoms. The van der Waals surface area contributed by atoms with Gasteiger partial charge in [-0.25, -0.2) is 0 Å². The summed E-state index contributed by atoms with van der Waals surface area (Å²) in [5.74, 6) is 1.70. The van der Waals surface area contributed by atoms with Gasteiger partial charge in [0.25, 0.3) is 10.2 Å². The summed E-state index contributed by atoms with van der Waals surface area (Å²) in [5, 5.41) is 8.50. The molecular weight excluding hydrogens is 751 g/mol. The van der Waals surface area contributed by atoms with Crippen molar-refractivity contribution in [2.45, 2.75) is 32.9 Å². The first-order chi connectivity index (χ1) is 28.2. The Morgan fingerprint density at radius 3 is 2.31 bits per heavy atom. The van der Waals surface area contributed by atoms with Crippen LogP contribution in [0.4, 0.5) is 5.69 Å². The molecule has 0 N–H and O–H groups in total. The van der Waals surface area contributed by atoms with Gasteiger partial charge in [0.15, 0.2) is 0 Å². The maximum absolute atomic E-state index is 12.6. The van der Waals surface area contributed by atoms with Crippen molar-refractivity contribution in [3.05, 3.63) is 108 Å². The minimum absolute atomic E-state index is 0.357. The monoisotopic (exact) mass is 805 g/mol. The Labute approximate surface area is 342 Å². The number of ether oxygens (including phenoxy) is 3. The van der Waals surface area contributed by atoms with E-state index in [4.69, 9.17) is 19.3 Å². The number of benzene rings is 4. The molecule has 58 heavy (non-hydrogen) atoms. The van der Waals surface area contributed by atoms with Crippen molar-refractivity contribution < 1.29 is 22.6 Å². The van der Waals surface area contributed by atoms with Crippen molar-refractivity contribution in [3.63, 3.8) is 0 Å². The number of para-hydroxylation sites is 1. The van der Waals surface area contributed by atoms with Crippen LogP contribution in [0.25, 0.3) is 32.8 Å². The predicted molar refractivity (Wildman–Crippen MR) is 231 cm³/mol. The molecule has 2 aliphatic heterocycles. The maximum atomic E-state index is 12.6. The second kappa shape index (κ2) is 17.5. The summed E-state index contributed by atoms with van der Waals surface area (Å²) in [6.07, 6.45) is 4.16. The van der Waals surface area contributed by atoms with E-state index in [1.54, 1.807) is 18.4 Å². The number of aromatic nitrogens is 3. The molecule has 2 fully saturated rings. The Balaban J connectivity index is 1.01. The predicted octanol–water partition coefficient (Wildman–Crippen LogP) is 6.35. The quantitative estimate of drug-likeness (QED) is 0.111. The van der Waals surface area contributed by atoms with E-state index in [0.29, 0.717) is 39.4 Å². The number of hydrogen-bond acceptors (Lipinski definition) is 8. The highest BCUT2D eigenvalue weighted by atomic mass is 32.2. The minimum Gasteiger partial charge on any atom is -0.493 e. The second-order valence-corrected chi connectivity index (χ2v) is 17.6. The van der Waals surface area contributed by atoms with Gasteiger partial charge in [-0.05, 0) is 61.0 Å². The Morgan fingerprint density at radius 2 is 1.53 bits per heavy atom. The lowest BCUT2D eigenvalue weighted by Gasteiger charge is -2.36. The highest BCUT2D eigenvalue weighted by Crippen LogP contribution is 2.37. The SMILES string of the molecule is Cc1nn(C)c(COc2ccc(N3CCN(S(=O)(=O)N(C)C)CC3)cc2)c1-c1cccc2c(CCCOc3cccc4ccccc34)cn(CCN3CCOCC3)c12. The lowest BCUT2D eigenvalue weighted by Crippen LogP contribution is -2.51. The molecule has 12 nitrogen and oxygen atoms in total. The van der Waals surface area contributed by atoms with Crippen molar-refractivity contribution in [2.75, 3.05) is 84.6 Å². The molecule has 0 atom stereocenters. The van der Waals surface area contributed by atoms with Gasteiger partial charge >= 0.3 is 0 Å². The summed E-state index contributed by atoms with van der Waals surface area (Å²) >= 11 is 0. The lowest BCUT2D eigenvalue weighted by atomic mass is 9.99. The van der Waals surface area contributed by atoms with Crippen LogP contribution < -0.4 is 14.4 Å². The number of hydrogen-bond donors (Lipinski definition) is 0. The van der Waals surface area contributed by atoms with Gasteiger partial charge in [0.1, 0.15) is 18.1 Å². The standard InChI is InChI=1S/C45H55N7O5S/c1-34-44(42(48(4)46-34)33-57-38-19-17-37(18-20-38)50-23-25-52(26-24-50)58(53,54)47(2)3)41-15-8-14-40-36(32-51(45(40)41)22-21-49-27-30-55-31-28-49)12-9-29-56-43-16-7-11-35-10-5-6-13-39(35)43/h5-8,10-11,13-20,32H,9,12,21-31,33H2,1-4H3. The van der Waals surface area contributed by atoms with Crippen molar-refractivity contribution >= 4 is 37.6 Å². The molecule has 2 saturated heterocycles. The van der Waals surface area contributed by atoms with Crippen molar-refractivity contribution in [2.24, 2.45) is 7.05 Å². The van der Waals surface area contributed by atoms with E-state index in [-0.39, 0.29) is 0 Å². The topological polar surface area (TPSA) is 97.5 Å². The van der Waals surface area contributed by atoms with Crippen LogP contribution in [0.3, 0.4) is 0 Å². The number of nitrogens with zero attached hydrogens (tertiary/aromatic N) is 7. The third kappa shape index (κ3) is 8.46. The van der Waals surface area contributed by atoms with Crippen LogP contribution in [-0.2, 0) is 41.6 Å². The van der Waals surface area contributed by atoms with Crippen molar-refractivity contribution in [3.8, 4) is 22.6 Å². The third-order valence-corrected chi connectivity index (χ3v) is 13.5. The average Bonchev–Trinajstić information content (AvgIpc) is 3.75. The van der Waals surface area contributed by atoms with Crippen LogP contribution in [0.2, 0.25) is 0 Å². The molecule has 13 heteroatoms. The summed E-state index contributed by atoms with van der Waals surface area (Å²) in [6, 6.07) is 29.4. The van der Waals surface area contributed by atoms with Crippen LogP contribution in [0.15, 0.2) is 91.1 Å². The van der Waals surface area contributed by atoms with E-state index >= 15 is 0 Å². The zero-order valence-electron chi connectivity index (χ0n) is 34.1. The minimum atomic E-state index is -3.41. The average molecular weight is 806 g/mol. The molecule has 0 aliphatic carbocycles. The van der Waals surface area contributed by atoms with Gasteiger partial charge in [-0.15, -0.1) is 0 Å². The Morgan fingerprint density at radius 1 is 0.810 bits per heavy atom. The molecule has 8 rings (SSSR count). The van der Waals surface area contributed by atoms with Crippen LogP contribution in [0, 0.1) is 6.92 Å². The summed E-state index contributed by atoms with van der Waals surface area (Å²) in [4.78, 5) is 4.71. The number of morpholine rings is 1. The number of aryl methyl sites for hydroxylation is 3. The highest BCUT2D eigenvalue weighted by molar-refractivity contribution is 7.86. The van der Waals surface area contributed by atoms with Crippen molar-refractivity contribution in [1.82, 2.24) is 27.9 Å². The molecule has 4 aromatic carbocycles. The first-order valence-electron chi connectivity index (χ1n) is 20.4. The van der Waals surface area contributed by atoms with Gasteiger partial charge in [-0.1, -0.05) is 54.6 Å². The third-order valence-electron chi connectivity index (χ3n) is 11.6. The van der Waals surface area contributed by atoms with Gasteiger partial charge in [-0.3, -0.25) is 9.58 Å². The fraction of sp³-hybridized carbons (Fsp3) is 0.400. The molecule has 0 bridgehead atoms. The van der Waals surface area contributed by atoms with Gasteiger partial charge in [0.2, 0.25) is 0 Å². The molecule has 306 valence electrons. The molecule has 4 heterocycles. The van der Waals surface area contributed by atoms with E-state index in [1.165, 1.54) is 26.2 Å². The summed E-state index contributed by atoms with van der Waals surface area (Å²) in [5.41, 5.74) is 7.83. The number of rotatable bonds is 15. The molecule has 0 radical (unpaired) electrons. The number of anilines is 1. The highest BCUT2D eigenvalue weighted by Gasteiger charge is 2.29. The van der Waals surface area contributed by atoms with Crippen LogP contribution in [-0.4, -0.2) is 116 Å². The smallest absolute Gasteiger partial charge is 0.281 e. The fourth-order valence-electron chi connectivity index (χ4n) is 8.39. The van der Waals surface area contributed by atoms with E-state index in [1.807, 2.05) is 23.9 Å². The molecular formula is C45H55N7O5S. The van der Waals surface area contributed by atoms with Gasteiger partial charge < -0.3 is 23.7 Å². The Bertz CT molecular complexity index is 2440. The lowest BCUT2D eigenvalue weighted by molar-refractivity contribution is 0.0365. The molecule has 0 saturated carbocycles. The molecule has 2 aromatic heterocycles. The van der Waals surface area contributed by atoms with Gasteiger partial charge in [0.05, 0.1) is 36.7 Å². The van der Waals surface area contributed by atoms with Crippen LogP contribution >= 0.6 is 0 Å². The molecule has 6 aromatic rings. The van der Waals surface area contributed by atoms with Gasteiger partial charge in [-0.2, -0.15) is 22.1 Å². The summed E-state index contributed by atoms with van der Waals surface area (Å²) in [7, 11) is 1.73. The van der Waals surface area contributed by atoms with E-state index in [2.05, 4.69) is 100 Å². The zero-order chi connectivity index (χ0) is 40.2. The molecule has 0 unspecified atom stereocenters. The first kappa shape index (κ1) is 39.9.